The first kappa shape index (κ1) is 17.6. The second-order valence-corrected chi connectivity index (χ2v) is 6.34. The number of ether oxygens (including phenoxy) is 1. The molecule has 6 heteroatoms. The van der Waals surface area contributed by atoms with Crippen LogP contribution in [0.4, 0.5) is 5.69 Å². The molecule has 0 saturated carbocycles. The zero-order valence-electron chi connectivity index (χ0n) is 15.1. The molecular formula is C22H17NO5. The third-order valence-corrected chi connectivity index (χ3v) is 4.52. The minimum Gasteiger partial charge on any atom is -0.494 e. The zero-order valence-corrected chi connectivity index (χ0v) is 15.1. The van der Waals surface area contributed by atoms with E-state index in [1.165, 1.54) is 18.2 Å². The molecule has 6 nitrogen and oxygen atoms in total. The summed E-state index contributed by atoms with van der Waals surface area (Å²) in [7, 11) is 0. The summed E-state index contributed by atoms with van der Waals surface area (Å²) in [5, 5.41) is 10.4. The van der Waals surface area contributed by atoms with Crippen molar-refractivity contribution in [2.24, 2.45) is 0 Å². The Morgan fingerprint density at radius 3 is 2.61 bits per heavy atom. The molecule has 2 aliphatic rings. The minimum atomic E-state index is -1.09. The number of rotatable bonds is 4. The van der Waals surface area contributed by atoms with Gasteiger partial charge in [-0.1, -0.05) is 6.07 Å². The van der Waals surface area contributed by atoms with Crippen molar-refractivity contribution < 1.29 is 19.1 Å². The van der Waals surface area contributed by atoms with Gasteiger partial charge in [-0.15, -0.1) is 0 Å². The lowest BCUT2D eigenvalue weighted by Gasteiger charge is -2.17. The number of carboxylic acids is 1. The average molecular weight is 375 g/mol. The number of carbonyl (C=O) groups is 1. The standard InChI is InChI=1S/C22H17NO5/c1-2-27-14-5-8-17-20(11-14)28-19-10-13(24)4-7-16(19)21(17)15-6-3-12(23)9-18(15)22(25)26/h3-11H,2,23H2,1H3,(H,25,26). The van der Waals surface area contributed by atoms with Crippen LogP contribution in [-0.4, -0.2) is 17.7 Å². The largest absolute Gasteiger partial charge is 0.494 e. The molecule has 1 heterocycles. The first-order valence-electron chi connectivity index (χ1n) is 8.74. The van der Waals surface area contributed by atoms with Crippen LogP contribution in [-0.2, 0) is 0 Å². The van der Waals surface area contributed by atoms with E-state index in [2.05, 4.69) is 0 Å². The van der Waals surface area contributed by atoms with E-state index in [1.54, 1.807) is 30.3 Å². The topological polar surface area (TPSA) is 103 Å². The van der Waals surface area contributed by atoms with Gasteiger partial charge in [0.15, 0.2) is 5.43 Å². The van der Waals surface area contributed by atoms with Gasteiger partial charge in [-0.25, -0.2) is 4.79 Å². The van der Waals surface area contributed by atoms with Gasteiger partial charge in [0.05, 0.1) is 12.2 Å². The Morgan fingerprint density at radius 2 is 1.86 bits per heavy atom. The molecule has 140 valence electrons. The molecule has 0 aromatic heterocycles. The Labute approximate surface area is 160 Å². The molecule has 0 fully saturated rings. The fraction of sp³-hybridized carbons (Fsp3) is 0.0909. The molecule has 2 aromatic carbocycles. The quantitative estimate of drug-likeness (QED) is 0.408. The lowest BCUT2D eigenvalue weighted by Crippen LogP contribution is -2.04. The minimum absolute atomic E-state index is 0.0777. The number of anilines is 1. The molecular weight excluding hydrogens is 358 g/mol. The van der Waals surface area contributed by atoms with E-state index < -0.39 is 5.97 Å². The maximum atomic E-state index is 11.9. The van der Waals surface area contributed by atoms with Crippen molar-refractivity contribution in [3.63, 3.8) is 0 Å². The second-order valence-electron chi connectivity index (χ2n) is 6.34. The summed E-state index contributed by atoms with van der Waals surface area (Å²) in [4.78, 5) is 23.7. The Bertz CT molecular complexity index is 1240. The van der Waals surface area contributed by atoms with E-state index in [4.69, 9.17) is 14.9 Å². The average Bonchev–Trinajstić information content (AvgIpc) is 2.66. The summed E-state index contributed by atoms with van der Waals surface area (Å²) >= 11 is 0. The van der Waals surface area contributed by atoms with Crippen LogP contribution in [0.5, 0.6) is 5.75 Å². The van der Waals surface area contributed by atoms with Crippen LogP contribution in [0, 0.1) is 0 Å². The lowest BCUT2D eigenvalue weighted by atomic mass is 9.90. The van der Waals surface area contributed by atoms with Gasteiger partial charge >= 0.3 is 5.97 Å². The van der Waals surface area contributed by atoms with Crippen LogP contribution < -0.4 is 15.9 Å². The molecule has 0 bridgehead atoms. The molecule has 3 N–H and O–H groups in total. The number of nitrogen functional groups attached to an aromatic ring is 1. The highest BCUT2D eigenvalue weighted by molar-refractivity contribution is 6.08. The number of benzene rings is 3. The van der Waals surface area contributed by atoms with Gasteiger partial charge in [-0.3, -0.25) is 4.79 Å². The van der Waals surface area contributed by atoms with Crippen molar-refractivity contribution in [1.29, 1.82) is 0 Å². The highest BCUT2D eigenvalue weighted by atomic mass is 16.5. The summed E-state index contributed by atoms with van der Waals surface area (Å²) in [6.07, 6.45) is 0. The van der Waals surface area contributed by atoms with Crippen LogP contribution in [0.15, 0.2) is 63.8 Å². The summed E-state index contributed by atoms with van der Waals surface area (Å²) in [5.74, 6) is -0.0920. The summed E-state index contributed by atoms with van der Waals surface area (Å²) in [6.45, 7) is 2.38. The second kappa shape index (κ2) is 6.74. The number of carboxylic acid groups (broad SMARTS) is 1. The number of hydrogen-bond acceptors (Lipinski definition) is 5. The van der Waals surface area contributed by atoms with Crippen LogP contribution in [0.2, 0.25) is 0 Å². The molecule has 1 aliphatic carbocycles. The van der Waals surface area contributed by atoms with E-state index in [0.29, 0.717) is 51.5 Å². The normalized spacial score (nSPS) is 11.0. The van der Waals surface area contributed by atoms with Gasteiger partial charge < -0.3 is 20.0 Å². The van der Waals surface area contributed by atoms with Crippen molar-refractivity contribution in [1.82, 2.24) is 0 Å². The first-order chi connectivity index (χ1) is 13.5. The zero-order chi connectivity index (χ0) is 19.8. The van der Waals surface area contributed by atoms with Gasteiger partial charge in [0, 0.05) is 34.3 Å². The van der Waals surface area contributed by atoms with Crippen molar-refractivity contribution in [2.75, 3.05) is 12.3 Å². The Morgan fingerprint density at radius 1 is 1.07 bits per heavy atom. The summed E-state index contributed by atoms with van der Waals surface area (Å²) in [5.41, 5.74) is 8.34. The molecule has 0 atom stereocenters. The van der Waals surface area contributed by atoms with Gasteiger partial charge in [-0.2, -0.15) is 0 Å². The van der Waals surface area contributed by atoms with Crippen LogP contribution in [0.25, 0.3) is 33.4 Å². The Balaban J connectivity index is 2.14. The monoisotopic (exact) mass is 375 g/mol. The van der Waals surface area contributed by atoms with Crippen molar-refractivity contribution >= 4 is 22.6 Å². The van der Waals surface area contributed by atoms with E-state index in [1.807, 2.05) is 13.0 Å². The lowest BCUT2D eigenvalue weighted by molar-refractivity contribution is 0.0698. The highest BCUT2D eigenvalue weighted by Crippen LogP contribution is 2.42. The van der Waals surface area contributed by atoms with Crippen LogP contribution >= 0.6 is 0 Å². The van der Waals surface area contributed by atoms with Gasteiger partial charge in [0.1, 0.15) is 17.1 Å². The van der Waals surface area contributed by atoms with Gasteiger partial charge in [0.2, 0.25) is 0 Å². The highest BCUT2D eigenvalue weighted by Gasteiger charge is 2.22. The fourth-order valence-corrected chi connectivity index (χ4v) is 3.35. The SMILES string of the molecule is CCOc1ccc2c(-c3ccc(N)cc3C(=O)O)c3ccc(=O)cc-3oc2c1. The third-order valence-electron chi connectivity index (χ3n) is 4.52. The third kappa shape index (κ3) is 2.95. The number of hydrogen-bond donors (Lipinski definition) is 2. The van der Waals surface area contributed by atoms with Crippen LogP contribution in [0.3, 0.4) is 0 Å². The van der Waals surface area contributed by atoms with E-state index in [-0.39, 0.29) is 11.0 Å². The van der Waals surface area contributed by atoms with Gasteiger partial charge in [0.25, 0.3) is 0 Å². The molecule has 4 rings (SSSR count). The molecule has 0 radical (unpaired) electrons. The Hall–Kier alpha value is -3.80. The van der Waals surface area contributed by atoms with E-state index in [9.17, 15) is 14.7 Å². The van der Waals surface area contributed by atoms with Crippen molar-refractivity contribution in [2.45, 2.75) is 6.92 Å². The summed E-state index contributed by atoms with van der Waals surface area (Å²) < 4.78 is 11.5. The maximum Gasteiger partial charge on any atom is 0.336 e. The fourth-order valence-electron chi connectivity index (χ4n) is 3.35. The van der Waals surface area contributed by atoms with Crippen molar-refractivity contribution in [3.05, 3.63) is 70.4 Å². The molecule has 0 saturated heterocycles. The Kier molecular flexibility index (Phi) is 4.24. The maximum absolute atomic E-state index is 11.9. The predicted octanol–water partition coefficient (Wildman–Crippen LogP) is 4.24. The molecule has 0 amide bonds. The number of fused-ring (bicyclic) bond motifs is 2. The van der Waals surface area contributed by atoms with Gasteiger partial charge in [-0.05, 0) is 48.9 Å². The number of nitrogens with two attached hydrogens (primary N) is 1. The summed E-state index contributed by atoms with van der Waals surface area (Å²) in [6, 6.07) is 14.6. The number of aromatic carboxylic acids is 1. The molecule has 0 unspecified atom stereocenters. The predicted molar refractivity (Wildman–Crippen MR) is 107 cm³/mol. The van der Waals surface area contributed by atoms with E-state index >= 15 is 0 Å². The van der Waals surface area contributed by atoms with Crippen molar-refractivity contribution in [3.8, 4) is 28.2 Å². The molecule has 1 aliphatic heterocycles. The molecule has 0 spiro atoms. The smallest absolute Gasteiger partial charge is 0.336 e. The first-order valence-corrected chi connectivity index (χ1v) is 8.74. The van der Waals surface area contributed by atoms with E-state index in [0.717, 1.165) is 0 Å². The molecule has 28 heavy (non-hydrogen) atoms. The van der Waals surface area contributed by atoms with Crippen LogP contribution in [0.1, 0.15) is 17.3 Å². The molecule has 2 aromatic rings.